The fraction of sp³-hybridized carbons (Fsp3) is 1.00. The van der Waals surface area contributed by atoms with Crippen molar-refractivity contribution < 1.29 is 29.3 Å². The molecule has 1 unspecified atom stereocenters. The third-order valence-corrected chi connectivity index (χ3v) is 4.17. The molecule has 0 radical (unpaired) electrons. The molecule has 1 heterocycles. The van der Waals surface area contributed by atoms with E-state index in [4.69, 9.17) is 14.0 Å². The van der Waals surface area contributed by atoms with Crippen molar-refractivity contribution in [3.8, 4) is 0 Å². The SMILES string of the molecule is CCCCCCCSO[C@H]1C(O)O[C@H](CO)[C@@H](O)[C@@H]1O. The summed E-state index contributed by atoms with van der Waals surface area (Å²) in [6.45, 7) is 1.70. The van der Waals surface area contributed by atoms with Gasteiger partial charge in [0.25, 0.3) is 0 Å². The van der Waals surface area contributed by atoms with Gasteiger partial charge < -0.3 is 29.3 Å². The fourth-order valence-electron chi connectivity index (χ4n) is 2.07. The lowest BCUT2D eigenvalue weighted by Crippen LogP contribution is -2.58. The molecule has 7 heteroatoms. The van der Waals surface area contributed by atoms with Crippen molar-refractivity contribution in [1.82, 2.24) is 0 Å². The second kappa shape index (κ2) is 9.94. The van der Waals surface area contributed by atoms with Crippen LogP contribution < -0.4 is 0 Å². The van der Waals surface area contributed by atoms with Crippen molar-refractivity contribution in [2.24, 2.45) is 0 Å². The first-order valence-corrected chi connectivity index (χ1v) is 8.11. The number of aliphatic hydroxyl groups is 4. The Bertz CT molecular complexity index is 255. The van der Waals surface area contributed by atoms with Gasteiger partial charge in [-0.1, -0.05) is 32.6 Å². The molecule has 1 saturated heterocycles. The van der Waals surface area contributed by atoms with Gasteiger partial charge in [-0.2, -0.15) is 0 Å². The van der Waals surface area contributed by atoms with Gasteiger partial charge in [-0.3, -0.25) is 0 Å². The highest BCUT2D eigenvalue weighted by Crippen LogP contribution is 2.25. The molecule has 0 saturated carbocycles. The first kappa shape index (κ1) is 18.2. The van der Waals surface area contributed by atoms with Gasteiger partial charge in [-0.05, 0) is 18.5 Å². The van der Waals surface area contributed by atoms with Crippen LogP contribution in [0.4, 0.5) is 0 Å². The number of rotatable bonds is 9. The summed E-state index contributed by atoms with van der Waals surface area (Å²) in [7, 11) is 0. The summed E-state index contributed by atoms with van der Waals surface area (Å²) < 4.78 is 10.3. The predicted molar refractivity (Wildman–Crippen MR) is 76.1 cm³/mol. The van der Waals surface area contributed by atoms with E-state index in [0.29, 0.717) is 0 Å². The first-order valence-electron chi connectivity index (χ1n) is 7.20. The molecule has 4 N–H and O–H groups in total. The Labute approximate surface area is 124 Å². The molecule has 0 aromatic carbocycles. The summed E-state index contributed by atoms with van der Waals surface area (Å²) in [5.41, 5.74) is 0. The Morgan fingerprint density at radius 3 is 2.40 bits per heavy atom. The minimum atomic E-state index is -1.35. The normalized spacial score (nSPS) is 34.4. The maximum absolute atomic E-state index is 9.84. The highest BCUT2D eigenvalue weighted by molar-refractivity contribution is 7.94. The topological polar surface area (TPSA) is 99.4 Å². The lowest BCUT2D eigenvalue weighted by Gasteiger charge is -2.39. The minimum absolute atomic E-state index is 0.466. The molecule has 1 fully saturated rings. The largest absolute Gasteiger partial charge is 0.394 e. The molecule has 1 aliphatic heterocycles. The van der Waals surface area contributed by atoms with Crippen LogP contribution >= 0.6 is 12.0 Å². The number of hydrogen-bond donors (Lipinski definition) is 4. The van der Waals surface area contributed by atoms with Gasteiger partial charge in [0, 0.05) is 5.75 Å². The second-order valence-electron chi connectivity index (χ2n) is 5.03. The van der Waals surface area contributed by atoms with E-state index in [2.05, 4.69) is 6.92 Å². The monoisotopic (exact) mass is 310 g/mol. The molecular formula is C13H26O6S. The minimum Gasteiger partial charge on any atom is -0.394 e. The summed E-state index contributed by atoms with van der Waals surface area (Å²) >= 11 is 1.16. The van der Waals surface area contributed by atoms with E-state index < -0.39 is 37.3 Å². The Morgan fingerprint density at radius 1 is 1.05 bits per heavy atom. The third kappa shape index (κ3) is 5.48. The summed E-state index contributed by atoms with van der Waals surface area (Å²) in [5.74, 6) is 0.763. The number of unbranched alkanes of at least 4 members (excludes halogenated alkanes) is 4. The Hall–Kier alpha value is 0.110. The molecular weight excluding hydrogens is 284 g/mol. The average Bonchev–Trinajstić information content (AvgIpc) is 2.45. The predicted octanol–water partition coefficient (Wildman–Crippen LogP) is 0.421. The molecule has 20 heavy (non-hydrogen) atoms. The van der Waals surface area contributed by atoms with Crippen LogP contribution in [0, 0.1) is 0 Å². The number of ether oxygens (including phenoxy) is 1. The zero-order chi connectivity index (χ0) is 15.0. The molecule has 0 bridgehead atoms. The zero-order valence-electron chi connectivity index (χ0n) is 11.9. The van der Waals surface area contributed by atoms with Crippen LogP contribution in [-0.4, -0.2) is 63.5 Å². The van der Waals surface area contributed by atoms with Crippen molar-refractivity contribution >= 4 is 12.0 Å². The lowest BCUT2D eigenvalue weighted by molar-refractivity contribution is -0.278. The fourth-order valence-corrected chi connectivity index (χ4v) is 2.85. The summed E-state index contributed by atoms with van der Waals surface area (Å²) in [6.07, 6.45) is -0.115. The number of hydrogen-bond acceptors (Lipinski definition) is 7. The molecule has 0 amide bonds. The van der Waals surface area contributed by atoms with E-state index in [1.165, 1.54) is 19.3 Å². The van der Waals surface area contributed by atoms with Crippen LogP contribution in [0.2, 0.25) is 0 Å². The Morgan fingerprint density at radius 2 is 1.75 bits per heavy atom. The van der Waals surface area contributed by atoms with E-state index in [1.807, 2.05) is 0 Å². The van der Waals surface area contributed by atoms with Crippen LogP contribution in [0.15, 0.2) is 0 Å². The van der Waals surface area contributed by atoms with Gasteiger partial charge in [-0.15, -0.1) is 0 Å². The summed E-state index contributed by atoms with van der Waals surface area (Å²) in [6, 6.07) is 0. The molecule has 1 aliphatic rings. The third-order valence-electron chi connectivity index (χ3n) is 3.35. The molecule has 1 rings (SSSR count). The molecule has 0 aromatic heterocycles. The highest BCUT2D eigenvalue weighted by Gasteiger charge is 2.44. The summed E-state index contributed by atoms with van der Waals surface area (Å²) in [4.78, 5) is 0. The van der Waals surface area contributed by atoms with Crippen molar-refractivity contribution in [1.29, 1.82) is 0 Å². The molecule has 5 atom stereocenters. The highest BCUT2D eigenvalue weighted by atomic mass is 32.2. The average molecular weight is 310 g/mol. The van der Waals surface area contributed by atoms with Crippen molar-refractivity contribution in [3.05, 3.63) is 0 Å². The van der Waals surface area contributed by atoms with Crippen LogP contribution in [-0.2, 0) is 8.92 Å². The Balaban J connectivity index is 2.22. The van der Waals surface area contributed by atoms with Crippen molar-refractivity contribution in [2.75, 3.05) is 12.4 Å². The van der Waals surface area contributed by atoms with Crippen molar-refractivity contribution in [3.63, 3.8) is 0 Å². The molecule has 120 valence electrons. The van der Waals surface area contributed by atoms with Crippen LogP contribution in [0.1, 0.15) is 39.0 Å². The second-order valence-corrected chi connectivity index (χ2v) is 5.86. The van der Waals surface area contributed by atoms with E-state index >= 15 is 0 Å². The smallest absolute Gasteiger partial charge is 0.185 e. The van der Waals surface area contributed by atoms with Gasteiger partial charge in [0.2, 0.25) is 0 Å². The molecule has 0 aromatic rings. The van der Waals surface area contributed by atoms with Gasteiger partial charge in [-0.25, -0.2) is 0 Å². The maximum Gasteiger partial charge on any atom is 0.185 e. The van der Waals surface area contributed by atoms with Crippen LogP contribution in [0.3, 0.4) is 0 Å². The van der Waals surface area contributed by atoms with E-state index in [1.54, 1.807) is 0 Å². The summed E-state index contributed by atoms with van der Waals surface area (Å²) in [5, 5.41) is 38.2. The maximum atomic E-state index is 9.84. The van der Waals surface area contributed by atoms with Crippen LogP contribution in [0.5, 0.6) is 0 Å². The standard InChI is InChI=1S/C13H26O6S/c1-2-3-4-5-6-7-20-19-12-11(16)10(15)9(8-14)18-13(12)17/h9-17H,2-8H2,1H3/t9-,10-,11+,12-,13?/m1/s1. The van der Waals surface area contributed by atoms with Crippen molar-refractivity contribution in [2.45, 2.75) is 69.7 Å². The molecule has 0 spiro atoms. The Kier molecular flexibility index (Phi) is 9.03. The van der Waals surface area contributed by atoms with Crippen LogP contribution in [0.25, 0.3) is 0 Å². The van der Waals surface area contributed by atoms with Gasteiger partial charge >= 0.3 is 0 Å². The van der Waals surface area contributed by atoms with E-state index in [9.17, 15) is 15.3 Å². The number of aliphatic hydroxyl groups excluding tert-OH is 4. The first-order chi connectivity index (χ1) is 9.61. The van der Waals surface area contributed by atoms with Gasteiger partial charge in [0.05, 0.1) is 6.61 Å². The molecule has 6 nitrogen and oxygen atoms in total. The zero-order valence-corrected chi connectivity index (χ0v) is 12.7. The van der Waals surface area contributed by atoms with E-state index in [0.717, 1.165) is 30.6 Å². The lowest BCUT2D eigenvalue weighted by atomic mass is 9.99. The van der Waals surface area contributed by atoms with E-state index in [-0.39, 0.29) is 0 Å². The molecule has 0 aliphatic carbocycles. The quantitative estimate of drug-likeness (QED) is 0.362. The van der Waals surface area contributed by atoms with Gasteiger partial charge in [0.15, 0.2) is 12.4 Å². The van der Waals surface area contributed by atoms with Gasteiger partial charge in [0.1, 0.15) is 18.3 Å².